The van der Waals surface area contributed by atoms with Crippen LogP contribution < -0.4 is 0 Å². The lowest BCUT2D eigenvalue weighted by Gasteiger charge is -2.28. The van der Waals surface area contributed by atoms with Gasteiger partial charge in [0.25, 0.3) is 5.91 Å². The van der Waals surface area contributed by atoms with Crippen LogP contribution in [0.25, 0.3) is 5.65 Å². The molecule has 1 aromatic carbocycles. The second-order valence-corrected chi connectivity index (χ2v) is 7.82. The van der Waals surface area contributed by atoms with E-state index in [1.54, 1.807) is 28.2 Å². The van der Waals surface area contributed by atoms with Gasteiger partial charge in [0.1, 0.15) is 5.56 Å². The summed E-state index contributed by atoms with van der Waals surface area (Å²) in [7, 11) is 0. The first-order valence-electron chi connectivity index (χ1n) is 8.98. The van der Waals surface area contributed by atoms with Gasteiger partial charge in [0.05, 0.1) is 12.7 Å². The molecule has 27 heavy (non-hydrogen) atoms. The molecule has 3 heterocycles. The number of thiophene rings is 1. The Kier molecular flexibility index (Phi) is 3.98. The quantitative estimate of drug-likeness (QED) is 0.548. The van der Waals surface area contributed by atoms with Crippen LogP contribution in [0.1, 0.15) is 26.4 Å². The molecule has 1 amide bonds. The maximum atomic E-state index is 13.5. The Bertz CT molecular complexity index is 1080. The minimum absolute atomic E-state index is 0.00472. The van der Waals surface area contributed by atoms with E-state index in [1.807, 2.05) is 23.2 Å². The number of amides is 1. The second-order valence-electron chi connectivity index (χ2n) is 6.79. The number of rotatable bonds is 4. The molecule has 0 aliphatic heterocycles. The van der Waals surface area contributed by atoms with Crippen LogP contribution in [0.15, 0.2) is 66.4 Å². The van der Waals surface area contributed by atoms with Gasteiger partial charge < -0.3 is 4.90 Å². The summed E-state index contributed by atoms with van der Waals surface area (Å²) in [5.74, 6) is -0.00472. The Labute approximate surface area is 160 Å². The summed E-state index contributed by atoms with van der Waals surface area (Å²) in [4.78, 5) is 21.1. The van der Waals surface area contributed by atoms with E-state index in [2.05, 4.69) is 45.8 Å². The first kappa shape index (κ1) is 16.2. The highest BCUT2D eigenvalue weighted by molar-refractivity contribution is 7.09. The van der Waals surface area contributed by atoms with Gasteiger partial charge in [-0.15, -0.1) is 11.3 Å². The van der Waals surface area contributed by atoms with Gasteiger partial charge >= 0.3 is 0 Å². The van der Waals surface area contributed by atoms with Crippen LogP contribution in [-0.4, -0.2) is 31.4 Å². The predicted octanol–water partition coefficient (Wildman–Crippen LogP) is 3.60. The molecular formula is C21H18N4OS. The van der Waals surface area contributed by atoms with Gasteiger partial charge in [-0.2, -0.15) is 5.10 Å². The lowest BCUT2D eigenvalue weighted by molar-refractivity contribution is 0.0672. The molecule has 0 unspecified atom stereocenters. The highest BCUT2D eigenvalue weighted by Gasteiger charge is 2.32. The van der Waals surface area contributed by atoms with Crippen molar-refractivity contribution in [1.82, 2.24) is 19.5 Å². The highest BCUT2D eigenvalue weighted by Crippen LogP contribution is 2.29. The summed E-state index contributed by atoms with van der Waals surface area (Å²) in [5.41, 5.74) is 3.84. The van der Waals surface area contributed by atoms with Crippen LogP contribution in [0.4, 0.5) is 0 Å². The molecule has 134 valence electrons. The van der Waals surface area contributed by atoms with Crippen LogP contribution in [0.3, 0.4) is 0 Å². The molecule has 0 saturated heterocycles. The molecule has 1 aliphatic rings. The SMILES string of the molecule is O=C(c1cnn2cccnc12)N(Cc1cccs1)C1Cc2ccccc2C1. The fourth-order valence-corrected chi connectivity index (χ4v) is 4.53. The van der Waals surface area contributed by atoms with Crippen LogP contribution in [0.5, 0.6) is 0 Å². The summed E-state index contributed by atoms with van der Waals surface area (Å²) < 4.78 is 1.65. The molecule has 0 bridgehead atoms. The van der Waals surface area contributed by atoms with Crippen molar-refractivity contribution in [3.8, 4) is 0 Å². The van der Waals surface area contributed by atoms with Crippen molar-refractivity contribution in [1.29, 1.82) is 0 Å². The predicted molar refractivity (Wildman–Crippen MR) is 105 cm³/mol. The summed E-state index contributed by atoms with van der Waals surface area (Å²) in [6.45, 7) is 0.610. The second kappa shape index (κ2) is 6.63. The van der Waals surface area contributed by atoms with Crippen molar-refractivity contribution in [2.24, 2.45) is 0 Å². The van der Waals surface area contributed by atoms with Gasteiger partial charge in [-0.05, 0) is 41.5 Å². The van der Waals surface area contributed by atoms with Crippen LogP contribution in [0, 0.1) is 0 Å². The Morgan fingerprint density at radius 2 is 1.96 bits per heavy atom. The van der Waals surface area contributed by atoms with Gasteiger partial charge in [-0.25, -0.2) is 9.50 Å². The van der Waals surface area contributed by atoms with Crippen molar-refractivity contribution in [3.05, 3.63) is 88.0 Å². The lowest BCUT2D eigenvalue weighted by atomic mass is 10.1. The van der Waals surface area contributed by atoms with Gasteiger partial charge in [0.2, 0.25) is 0 Å². The van der Waals surface area contributed by atoms with Gasteiger partial charge in [0.15, 0.2) is 5.65 Å². The zero-order chi connectivity index (χ0) is 18.2. The number of carbonyl (C=O) groups is 1. The van der Waals surface area contributed by atoms with E-state index in [-0.39, 0.29) is 11.9 Å². The summed E-state index contributed by atoms with van der Waals surface area (Å²) in [6, 6.07) is 14.6. The fourth-order valence-electron chi connectivity index (χ4n) is 3.83. The maximum absolute atomic E-state index is 13.5. The molecule has 0 atom stereocenters. The van der Waals surface area contributed by atoms with E-state index in [0.717, 1.165) is 12.8 Å². The van der Waals surface area contributed by atoms with Crippen LogP contribution >= 0.6 is 11.3 Å². The molecule has 6 heteroatoms. The summed E-state index contributed by atoms with van der Waals surface area (Å²) in [6.07, 6.45) is 6.92. The molecular weight excluding hydrogens is 356 g/mol. The van der Waals surface area contributed by atoms with Crippen LogP contribution in [-0.2, 0) is 19.4 Å². The van der Waals surface area contributed by atoms with Gasteiger partial charge in [-0.3, -0.25) is 4.79 Å². The molecule has 4 aromatic rings. The van der Waals surface area contributed by atoms with E-state index >= 15 is 0 Å². The van der Waals surface area contributed by atoms with Gasteiger partial charge in [-0.1, -0.05) is 30.3 Å². The minimum atomic E-state index is -0.00472. The Balaban J connectivity index is 1.51. The first-order chi connectivity index (χ1) is 13.3. The van der Waals surface area contributed by atoms with E-state index in [9.17, 15) is 4.79 Å². The molecule has 5 nitrogen and oxygen atoms in total. The largest absolute Gasteiger partial charge is 0.330 e. The topological polar surface area (TPSA) is 50.5 Å². The zero-order valence-electron chi connectivity index (χ0n) is 14.7. The summed E-state index contributed by atoms with van der Waals surface area (Å²) in [5, 5.41) is 6.35. The number of hydrogen-bond acceptors (Lipinski definition) is 4. The Hall–Kier alpha value is -2.99. The molecule has 0 fully saturated rings. The Morgan fingerprint density at radius 1 is 1.15 bits per heavy atom. The Morgan fingerprint density at radius 3 is 2.70 bits per heavy atom. The van der Waals surface area contributed by atoms with Crippen molar-refractivity contribution in [2.75, 3.05) is 0 Å². The zero-order valence-corrected chi connectivity index (χ0v) is 15.5. The third-order valence-electron chi connectivity index (χ3n) is 5.15. The molecule has 1 aliphatic carbocycles. The van der Waals surface area contributed by atoms with Gasteiger partial charge in [0, 0.05) is 23.3 Å². The average molecular weight is 374 g/mol. The number of hydrogen-bond donors (Lipinski definition) is 0. The van der Waals surface area contributed by atoms with E-state index < -0.39 is 0 Å². The number of nitrogens with zero attached hydrogens (tertiary/aromatic N) is 4. The molecule has 5 rings (SSSR count). The minimum Gasteiger partial charge on any atom is -0.330 e. The molecule has 0 radical (unpaired) electrons. The standard InChI is InChI=1S/C21H18N4OS/c26-21(19-13-23-25-9-4-8-22-20(19)25)24(14-18-7-3-10-27-18)17-11-15-5-1-2-6-16(15)12-17/h1-10,13,17H,11-12,14H2. The molecule has 0 saturated carbocycles. The number of benzene rings is 1. The van der Waals surface area contributed by atoms with Crippen molar-refractivity contribution in [3.63, 3.8) is 0 Å². The fraction of sp³-hybridized carbons (Fsp3) is 0.190. The van der Waals surface area contributed by atoms with Crippen LogP contribution in [0.2, 0.25) is 0 Å². The van der Waals surface area contributed by atoms with E-state index in [1.165, 1.54) is 16.0 Å². The monoisotopic (exact) mass is 374 g/mol. The van der Waals surface area contributed by atoms with Crippen molar-refractivity contribution >= 4 is 22.9 Å². The van der Waals surface area contributed by atoms with E-state index in [4.69, 9.17) is 0 Å². The van der Waals surface area contributed by atoms with E-state index in [0.29, 0.717) is 17.8 Å². The van der Waals surface area contributed by atoms with Crippen molar-refractivity contribution in [2.45, 2.75) is 25.4 Å². The number of fused-ring (bicyclic) bond motifs is 2. The molecule has 3 aromatic heterocycles. The van der Waals surface area contributed by atoms with Crippen molar-refractivity contribution < 1.29 is 4.79 Å². The first-order valence-corrected chi connectivity index (χ1v) is 9.86. The lowest BCUT2D eigenvalue weighted by Crippen LogP contribution is -2.40. The number of carbonyl (C=O) groups excluding carboxylic acids is 1. The molecule has 0 N–H and O–H groups in total. The normalized spacial score (nSPS) is 13.8. The maximum Gasteiger partial charge on any atom is 0.259 e. The smallest absolute Gasteiger partial charge is 0.259 e. The number of aromatic nitrogens is 3. The summed E-state index contributed by atoms with van der Waals surface area (Å²) >= 11 is 1.68. The highest BCUT2D eigenvalue weighted by atomic mass is 32.1. The molecule has 0 spiro atoms. The third-order valence-corrected chi connectivity index (χ3v) is 6.01. The average Bonchev–Trinajstić information content (AvgIpc) is 3.44. The third kappa shape index (κ3) is 2.92.